The van der Waals surface area contributed by atoms with Gasteiger partial charge in [0.2, 0.25) is 5.91 Å². The molecule has 120 valence electrons. The molecule has 1 aromatic rings. The van der Waals surface area contributed by atoms with Crippen LogP contribution < -0.4 is 11.1 Å². The van der Waals surface area contributed by atoms with Crippen LogP contribution in [-0.4, -0.2) is 49.6 Å². The van der Waals surface area contributed by atoms with Gasteiger partial charge in [-0.3, -0.25) is 14.5 Å². The lowest BCUT2D eigenvalue weighted by Gasteiger charge is -2.35. The first-order chi connectivity index (χ1) is 10.5. The third kappa shape index (κ3) is 3.13. The molecular formula is C16H23N3O3. The molecule has 0 saturated carbocycles. The summed E-state index contributed by atoms with van der Waals surface area (Å²) in [6.07, 6.45) is 1.63. The van der Waals surface area contributed by atoms with Gasteiger partial charge in [-0.05, 0) is 37.1 Å². The van der Waals surface area contributed by atoms with Crippen LogP contribution in [0.4, 0.5) is 0 Å². The summed E-state index contributed by atoms with van der Waals surface area (Å²) in [5.74, 6) is -0.451. The Morgan fingerprint density at radius 3 is 2.59 bits per heavy atom. The lowest BCUT2D eigenvalue weighted by molar-refractivity contribution is -0.132. The Labute approximate surface area is 130 Å². The van der Waals surface area contributed by atoms with Crippen molar-refractivity contribution in [3.05, 3.63) is 35.4 Å². The van der Waals surface area contributed by atoms with Gasteiger partial charge in [0.1, 0.15) is 5.54 Å². The minimum absolute atomic E-state index is 0.112. The summed E-state index contributed by atoms with van der Waals surface area (Å²) in [5.41, 5.74) is 6.56. The average Bonchev–Trinajstić information content (AvgIpc) is 2.91. The van der Waals surface area contributed by atoms with E-state index in [1.54, 1.807) is 26.3 Å². The molecule has 0 spiro atoms. The summed E-state index contributed by atoms with van der Waals surface area (Å²) in [4.78, 5) is 25.6. The van der Waals surface area contributed by atoms with Crippen molar-refractivity contribution in [1.29, 1.82) is 0 Å². The van der Waals surface area contributed by atoms with E-state index in [2.05, 4.69) is 10.2 Å². The smallest absolute Gasteiger partial charge is 0.251 e. The molecule has 22 heavy (non-hydrogen) atoms. The zero-order chi connectivity index (χ0) is 16.2. The van der Waals surface area contributed by atoms with Crippen molar-refractivity contribution in [2.75, 3.05) is 27.3 Å². The van der Waals surface area contributed by atoms with Gasteiger partial charge in [-0.1, -0.05) is 12.1 Å². The van der Waals surface area contributed by atoms with Crippen LogP contribution in [0.5, 0.6) is 0 Å². The van der Waals surface area contributed by atoms with Crippen molar-refractivity contribution in [2.45, 2.75) is 24.9 Å². The number of nitrogens with one attached hydrogen (secondary N) is 1. The summed E-state index contributed by atoms with van der Waals surface area (Å²) < 4.78 is 5.23. The van der Waals surface area contributed by atoms with Crippen molar-refractivity contribution in [3.63, 3.8) is 0 Å². The summed E-state index contributed by atoms with van der Waals surface area (Å²) in [6, 6.07) is 7.38. The average molecular weight is 305 g/mol. The molecular weight excluding hydrogens is 282 g/mol. The third-order valence-electron chi connectivity index (χ3n) is 4.28. The molecule has 1 aliphatic heterocycles. The molecule has 1 heterocycles. The number of primary amides is 1. The number of carbonyl (C=O) groups is 2. The van der Waals surface area contributed by atoms with Crippen LogP contribution >= 0.6 is 0 Å². The van der Waals surface area contributed by atoms with Gasteiger partial charge in [0.25, 0.3) is 5.91 Å². The number of nitrogens with two attached hydrogens (primary N) is 1. The fourth-order valence-corrected chi connectivity index (χ4v) is 3.04. The summed E-state index contributed by atoms with van der Waals surface area (Å²) in [5, 5.41) is 2.59. The largest absolute Gasteiger partial charge is 0.382 e. The molecule has 1 unspecified atom stereocenters. The standard InChI is InChI=1S/C16H23N3O3/c1-18-14(20)13-6-4-12(5-7-13)10-19-9-3-8-16(19,11-22-2)15(17)21/h4-7H,3,8-11H2,1-2H3,(H2,17,21)(H,18,20). The number of hydrogen-bond acceptors (Lipinski definition) is 4. The van der Waals surface area contributed by atoms with Gasteiger partial charge in [0, 0.05) is 26.3 Å². The molecule has 1 saturated heterocycles. The Bertz CT molecular complexity index is 544. The molecule has 6 nitrogen and oxygen atoms in total. The van der Waals surface area contributed by atoms with Crippen molar-refractivity contribution in [2.24, 2.45) is 5.73 Å². The van der Waals surface area contributed by atoms with E-state index in [-0.39, 0.29) is 11.8 Å². The van der Waals surface area contributed by atoms with Crippen molar-refractivity contribution < 1.29 is 14.3 Å². The van der Waals surface area contributed by atoms with Gasteiger partial charge < -0.3 is 15.8 Å². The zero-order valence-corrected chi connectivity index (χ0v) is 13.1. The number of methoxy groups -OCH3 is 1. The van der Waals surface area contributed by atoms with Crippen LogP contribution in [0.2, 0.25) is 0 Å². The Morgan fingerprint density at radius 1 is 1.36 bits per heavy atom. The predicted molar refractivity (Wildman–Crippen MR) is 83.3 cm³/mol. The Morgan fingerprint density at radius 2 is 2.05 bits per heavy atom. The maximum atomic E-state index is 11.9. The highest BCUT2D eigenvalue weighted by atomic mass is 16.5. The number of ether oxygens (including phenoxy) is 1. The quantitative estimate of drug-likeness (QED) is 0.802. The van der Waals surface area contributed by atoms with E-state index < -0.39 is 5.54 Å². The molecule has 0 radical (unpaired) electrons. The molecule has 2 amide bonds. The Balaban J connectivity index is 2.15. The molecule has 1 fully saturated rings. The monoisotopic (exact) mass is 305 g/mol. The van der Waals surface area contributed by atoms with Gasteiger partial charge in [0.15, 0.2) is 0 Å². The van der Waals surface area contributed by atoms with Crippen LogP contribution in [-0.2, 0) is 16.1 Å². The fourth-order valence-electron chi connectivity index (χ4n) is 3.04. The topological polar surface area (TPSA) is 84.7 Å². The van der Waals surface area contributed by atoms with E-state index in [1.807, 2.05) is 12.1 Å². The minimum Gasteiger partial charge on any atom is -0.382 e. The molecule has 1 atom stereocenters. The summed E-state index contributed by atoms with van der Waals surface area (Å²) in [6.45, 7) is 1.72. The van der Waals surface area contributed by atoms with Crippen LogP contribution in [0.25, 0.3) is 0 Å². The van der Waals surface area contributed by atoms with Gasteiger partial charge in [-0.25, -0.2) is 0 Å². The number of amides is 2. The predicted octanol–water partition coefficient (Wildman–Crippen LogP) is 0.513. The van der Waals surface area contributed by atoms with E-state index >= 15 is 0 Å². The second kappa shape index (κ2) is 6.89. The van der Waals surface area contributed by atoms with Gasteiger partial charge in [-0.2, -0.15) is 0 Å². The summed E-state index contributed by atoms with van der Waals surface area (Å²) in [7, 11) is 3.19. The minimum atomic E-state index is -0.728. The third-order valence-corrected chi connectivity index (χ3v) is 4.28. The van der Waals surface area contributed by atoms with Crippen molar-refractivity contribution >= 4 is 11.8 Å². The van der Waals surface area contributed by atoms with E-state index in [4.69, 9.17) is 10.5 Å². The Hall–Kier alpha value is -1.92. The molecule has 1 aliphatic rings. The number of likely N-dealkylation sites (tertiary alicyclic amines) is 1. The zero-order valence-electron chi connectivity index (χ0n) is 13.1. The molecule has 6 heteroatoms. The highest BCUT2D eigenvalue weighted by Crippen LogP contribution is 2.31. The van der Waals surface area contributed by atoms with E-state index in [1.165, 1.54) is 0 Å². The van der Waals surface area contributed by atoms with Gasteiger partial charge in [0.05, 0.1) is 6.61 Å². The molecule has 2 rings (SSSR count). The first-order valence-electron chi connectivity index (χ1n) is 7.38. The number of rotatable bonds is 6. The summed E-state index contributed by atoms with van der Waals surface area (Å²) >= 11 is 0. The molecule has 3 N–H and O–H groups in total. The van der Waals surface area contributed by atoms with Crippen LogP contribution in [0.3, 0.4) is 0 Å². The molecule has 0 aliphatic carbocycles. The van der Waals surface area contributed by atoms with E-state index in [0.29, 0.717) is 25.1 Å². The molecule has 1 aromatic carbocycles. The number of nitrogens with zero attached hydrogens (tertiary/aromatic N) is 1. The molecule has 0 aromatic heterocycles. The van der Waals surface area contributed by atoms with Crippen LogP contribution in [0, 0.1) is 0 Å². The normalized spacial score (nSPS) is 21.7. The molecule has 0 bridgehead atoms. The van der Waals surface area contributed by atoms with Gasteiger partial charge in [-0.15, -0.1) is 0 Å². The van der Waals surface area contributed by atoms with Crippen LogP contribution in [0.1, 0.15) is 28.8 Å². The van der Waals surface area contributed by atoms with Crippen molar-refractivity contribution in [1.82, 2.24) is 10.2 Å². The van der Waals surface area contributed by atoms with E-state index in [9.17, 15) is 9.59 Å². The van der Waals surface area contributed by atoms with E-state index in [0.717, 1.165) is 18.5 Å². The van der Waals surface area contributed by atoms with Crippen molar-refractivity contribution in [3.8, 4) is 0 Å². The number of benzene rings is 1. The highest BCUT2D eigenvalue weighted by Gasteiger charge is 2.46. The maximum absolute atomic E-state index is 11.9. The fraction of sp³-hybridized carbons (Fsp3) is 0.500. The second-order valence-corrected chi connectivity index (χ2v) is 5.63. The maximum Gasteiger partial charge on any atom is 0.251 e. The van der Waals surface area contributed by atoms with Gasteiger partial charge >= 0.3 is 0 Å². The first-order valence-corrected chi connectivity index (χ1v) is 7.38. The number of hydrogen-bond donors (Lipinski definition) is 2. The number of carbonyl (C=O) groups excluding carboxylic acids is 2. The Kier molecular flexibility index (Phi) is 5.15. The highest BCUT2D eigenvalue weighted by molar-refractivity contribution is 5.93. The lowest BCUT2D eigenvalue weighted by atomic mass is 9.95. The second-order valence-electron chi connectivity index (χ2n) is 5.63. The first kappa shape index (κ1) is 16.5. The lowest BCUT2D eigenvalue weighted by Crippen LogP contribution is -2.56. The van der Waals surface area contributed by atoms with Crippen LogP contribution in [0.15, 0.2) is 24.3 Å². The SMILES string of the molecule is CNC(=O)c1ccc(CN2CCCC2(COC)C(N)=O)cc1.